The molecule has 12 heteroatoms. The zero-order valence-electron chi connectivity index (χ0n) is 24.3. The third-order valence-electron chi connectivity index (χ3n) is 8.14. The van der Waals surface area contributed by atoms with Gasteiger partial charge in [-0.25, -0.2) is 4.79 Å². The fourth-order valence-corrected chi connectivity index (χ4v) is 5.97. The van der Waals surface area contributed by atoms with Crippen LogP contribution >= 0.6 is 0 Å². The topological polar surface area (TPSA) is 94.2 Å². The number of ether oxygens (including phenoxy) is 1. The molecule has 0 saturated carbocycles. The SMILES string of the molecule is C=CCN1C(=O)N[C@H](c2ccccc2C(F)(F)F)C2=C1CN([C@H](Cc1ccccc1)C(=O)NCCCN1CCOCC1)C2=O. The van der Waals surface area contributed by atoms with E-state index >= 15 is 0 Å². The number of alkyl halides is 3. The van der Waals surface area contributed by atoms with Crippen LogP contribution in [0.4, 0.5) is 18.0 Å². The summed E-state index contributed by atoms with van der Waals surface area (Å²) in [6.07, 6.45) is -2.34. The van der Waals surface area contributed by atoms with E-state index in [2.05, 4.69) is 22.1 Å². The molecule has 0 radical (unpaired) electrons. The van der Waals surface area contributed by atoms with Crippen molar-refractivity contribution in [3.8, 4) is 0 Å². The van der Waals surface area contributed by atoms with Gasteiger partial charge in [0.2, 0.25) is 5.91 Å². The Kier molecular flexibility index (Phi) is 9.70. The number of benzene rings is 2. The molecule has 2 atom stereocenters. The summed E-state index contributed by atoms with van der Waals surface area (Å²) in [6.45, 7) is 7.81. The fraction of sp³-hybridized carbons (Fsp3) is 0.406. The number of nitrogens with zero attached hydrogens (tertiary/aromatic N) is 3. The molecule has 3 aliphatic heterocycles. The van der Waals surface area contributed by atoms with Gasteiger partial charge in [-0.1, -0.05) is 54.6 Å². The molecule has 0 spiro atoms. The Morgan fingerprint density at radius 1 is 1.09 bits per heavy atom. The molecular weight excluding hydrogens is 575 g/mol. The van der Waals surface area contributed by atoms with Crippen molar-refractivity contribution in [1.29, 1.82) is 0 Å². The molecule has 3 heterocycles. The molecular formula is C32H36F3N5O4. The molecule has 4 amide bonds. The minimum absolute atomic E-state index is 0.0151. The first kappa shape index (κ1) is 31.3. The molecule has 0 unspecified atom stereocenters. The minimum Gasteiger partial charge on any atom is -0.379 e. The average Bonchev–Trinajstić information content (AvgIpc) is 3.36. The Labute approximate surface area is 254 Å². The number of nitrogens with one attached hydrogen (secondary N) is 2. The highest BCUT2D eigenvalue weighted by Crippen LogP contribution is 2.42. The minimum atomic E-state index is -4.71. The van der Waals surface area contributed by atoms with Gasteiger partial charge in [0, 0.05) is 32.6 Å². The zero-order chi connectivity index (χ0) is 31.3. The van der Waals surface area contributed by atoms with Gasteiger partial charge in [0.1, 0.15) is 6.04 Å². The number of halogens is 3. The highest BCUT2D eigenvalue weighted by atomic mass is 19.4. The molecule has 9 nitrogen and oxygen atoms in total. The summed E-state index contributed by atoms with van der Waals surface area (Å²) < 4.78 is 47.5. The van der Waals surface area contributed by atoms with E-state index in [9.17, 15) is 27.6 Å². The number of carbonyl (C=O) groups is 3. The van der Waals surface area contributed by atoms with E-state index in [-0.39, 0.29) is 42.3 Å². The Morgan fingerprint density at radius 2 is 1.80 bits per heavy atom. The summed E-state index contributed by atoms with van der Waals surface area (Å²) in [5, 5.41) is 5.58. The Bertz CT molecular complexity index is 1410. The summed E-state index contributed by atoms with van der Waals surface area (Å²) in [4.78, 5) is 46.1. The smallest absolute Gasteiger partial charge is 0.379 e. The highest BCUT2D eigenvalue weighted by molar-refractivity contribution is 6.03. The Balaban J connectivity index is 1.43. The molecule has 0 aromatic heterocycles. The van der Waals surface area contributed by atoms with Gasteiger partial charge < -0.3 is 20.3 Å². The lowest BCUT2D eigenvalue weighted by Gasteiger charge is -2.33. The molecule has 0 bridgehead atoms. The van der Waals surface area contributed by atoms with Gasteiger partial charge in [-0.05, 0) is 30.2 Å². The third-order valence-corrected chi connectivity index (χ3v) is 8.14. The maximum absolute atomic E-state index is 14.2. The van der Waals surface area contributed by atoms with Gasteiger partial charge in [0.25, 0.3) is 5.91 Å². The lowest BCUT2D eigenvalue weighted by molar-refractivity contribution is -0.138. The second-order valence-electron chi connectivity index (χ2n) is 11.0. The van der Waals surface area contributed by atoms with Gasteiger partial charge in [-0.2, -0.15) is 13.2 Å². The first-order valence-electron chi connectivity index (χ1n) is 14.7. The molecule has 2 aromatic carbocycles. The first-order valence-corrected chi connectivity index (χ1v) is 14.7. The lowest BCUT2D eigenvalue weighted by Crippen LogP contribution is -2.50. The predicted octanol–water partition coefficient (Wildman–Crippen LogP) is 3.50. The van der Waals surface area contributed by atoms with Crippen LogP contribution in [0.25, 0.3) is 0 Å². The number of hydrogen-bond donors (Lipinski definition) is 2. The van der Waals surface area contributed by atoms with E-state index in [1.807, 2.05) is 30.3 Å². The number of urea groups is 1. The molecule has 44 heavy (non-hydrogen) atoms. The zero-order valence-corrected chi connectivity index (χ0v) is 24.3. The van der Waals surface area contributed by atoms with Crippen molar-refractivity contribution in [2.45, 2.75) is 31.1 Å². The van der Waals surface area contributed by atoms with Crippen molar-refractivity contribution in [3.63, 3.8) is 0 Å². The van der Waals surface area contributed by atoms with Gasteiger partial charge >= 0.3 is 12.2 Å². The number of rotatable bonds is 11. The van der Waals surface area contributed by atoms with E-state index < -0.39 is 35.8 Å². The number of amides is 4. The number of hydrogen-bond acceptors (Lipinski definition) is 5. The van der Waals surface area contributed by atoms with E-state index in [0.29, 0.717) is 26.2 Å². The van der Waals surface area contributed by atoms with Crippen LogP contribution in [0.3, 0.4) is 0 Å². The Morgan fingerprint density at radius 3 is 2.50 bits per heavy atom. The Hall–Kier alpha value is -4.16. The van der Waals surface area contributed by atoms with Gasteiger partial charge in [0.05, 0.1) is 42.6 Å². The summed E-state index contributed by atoms with van der Waals surface area (Å²) in [6, 6.07) is 11.2. The van der Waals surface area contributed by atoms with E-state index in [4.69, 9.17) is 4.74 Å². The number of morpholine rings is 1. The van der Waals surface area contributed by atoms with Crippen LogP contribution in [0.2, 0.25) is 0 Å². The largest absolute Gasteiger partial charge is 0.416 e. The number of carbonyl (C=O) groups excluding carboxylic acids is 3. The molecule has 0 aliphatic carbocycles. The third kappa shape index (κ3) is 6.81. The van der Waals surface area contributed by atoms with Crippen molar-refractivity contribution in [2.24, 2.45) is 0 Å². The van der Waals surface area contributed by atoms with Crippen molar-refractivity contribution in [2.75, 3.05) is 52.5 Å². The fourth-order valence-electron chi connectivity index (χ4n) is 5.97. The van der Waals surface area contributed by atoms with Gasteiger partial charge in [-0.15, -0.1) is 6.58 Å². The van der Waals surface area contributed by atoms with Crippen LogP contribution in [-0.2, 0) is 26.9 Å². The van der Waals surface area contributed by atoms with E-state index in [1.165, 1.54) is 34.1 Å². The summed E-state index contributed by atoms with van der Waals surface area (Å²) >= 11 is 0. The van der Waals surface area contributed by atoms with E-state index in [1.54, 1.807) is 0 Å². The molecule has 234 valence electrons. The van der Waals surface area contributed by atoms with Crippen LogP contribution in [0.1, 0.15) is 29.2 Å². The van der Waals surface area contributed by atoms with Crippen LogP contribution in [0.5, 0.6) is 0 Å². The van der Waals surface area contributed by atoms with E-state index in [0.717, 1.165) is 31.3 Å². The lowest BCUT2D eigenvalue weighted by atomic mass is 9.91. The van der Waals surface area contributed by atoms with Crippen LogP contribution < -0.4 is 10.6 Å². The van der Waals surface area contributed by atoms with Crippen LogP contribution in [0.15, 0.2) is 78.5 Å². The molecule has 3 aliphatic rings. The highest BCUT2D eigenvalue weighted by Gasteiger charge is 2.48. The maximum atomic E-state index is 14.2. The normalized spacial score (nSPS) is 19.9. The summed E-state index contributed by atoms with van der Waals surface area (Å²) in [7, 11) is 0. The maximum Gasteiger partial charge on any atom is 0.416 e. The van der Waals surface area contributed by atoms with Crippen molar-refractivity contribution in [1.82, 2.24) is 25.3 Å². The molecule has 1 saturated heterocycles. The monoisotopic (exact) mass is 611 g/mol. The second-order valence-corrected chi connectivity index (χ2v) is 11.0. The molecule has 1 fully saturated rings. The van der Waals surface area contributed by atoms with Gasteiger partial charge in [-0.3, -0.25) is 19.4 Å². The summed E-state index contributed by atoms with van der Waals surface area (Å²) in [5.74, 6) is -0.966. The second kappa shape index (κ2) is 13.6. The first-order chi connectivity index (χ1) is 21.2. The molecule has 2 N–H and O–H groups in total. The standard InChI is InChI=1S/C32H36F3N5O4/c1-2-14-39-26-21-40(30(42)27(26)28(37-31(39)43)23-11-6-7-12-24(23)32(33,34)35)25(20-22-9-4-3-5-10-22)29(41)36-13-8-15-38-16-18-44-19-17-38/h2-7,9-12,25,28H,1,8,13-21H2,(H,36,41)(H,37,43)/t25-,28-/m1/s1. The predicted molar refractivity (Wildman–Crippen MR) is 157 cm³/mol. The van der Waals surface area contributed by atoms with Crippen molar-refractivity contribution < 1.29 is 32.3 Å². The quantitative estimate of drug-likeness (QED) is 0.300. The summed E-state index contributed by atoms with van der Waals surface area (Å²) in [5.41, 5.74) is -0.0872. The van der Waals surface area contributed by atoms with Gasteiger partial charge in [0.15, 0.2) is 0 Å². The van der Waals surface area contributed by atoms with Crippen molar-refractivity contribution in [3.05, 3.63) is 95.2 Å². The molecule has 2 aromatic rings. The van der Waals surface area contributed by atoms with Crippen LogP contribution in [0, 0.1) is 0 Å². The average molecular weight is 612 g/mol. The van der Waals surface area contributed by atoms with Crippen molar-refractivity contribution >= 4 is 17.8 Å². The molecule has 5 rings (SSSR count). The van der Waals surface area contributed by atoms with Crippen LogP contribution in [-0.4, -0.2) is 91.1 Å².